The van der Waals surface area contributed by atoms with Crippen molar-refractivity contribution in [1.29, 1.82) is 0 Å². The lowest BCUT2D eigenvalue weighted by molar-refractivity contribution is 0.404. The van der Waals surface area contributed by atoms with Crippen molar-refractivity contribution in [3.63, 3.8) is 0 Å². The van der Waals surface area contributed by atoms with Crippen molar-refractivity contribution in [3.8, 4) is 5.75 Å². The maximum atomic E-state index is 6.46. The molecule has 0 aliphatic carbocycles. The maximum absolute atomic E-state index is 6.46. The van der Waals surface area contributed by atoms with E-state index in [-0.39, 0.29) is 6.04 Å². The molecule has 0 saturated heterocycles. The number of rotatable bonds is 3. The quantitative estimate of drug-likeness (QED) is 0.800. The van der Waals surface area contributed by atoms with Crippen molar-refractivity contribution < 1.29 is 4.74 Å². The van der Waals surface area contributed by atoms with Crippen molar-refractivity contribution in [1.82, 2.24) is 9.97 Å². The van der Waals surface area contributed by atoms with Crippen molar-refractivity contribution in [2.75, 3.05) is 7.11 Å². The number of hydrogen-bond donors (Lipinski definition) is 1. The second kappa shape index (κ2) is 5.50. The number of ether oxygens (including phenoxy) is 1. The molecule has 2 aromatic heterocycles. The fraction of sp³-hybridized carbons (Fsp3) is 0.176. The van der Waals surface area contributed by atoms with Crippen LogP contribution in [-0.2, 0) is 0 Å². The summed E-state index contributed by atoms with van der Waals surface area (Å²) in [6, 6.07) is 13.4. The van der Waals surface area contributed by atoms with E-state index in [2.05, 4.69) is 9.97 Å². The number of para-hydroxylation sites is 1. The predicted octanol–water partition coefficient (Wildman–Crippen LogP) is 2.99. The molecule has 0 radical (unpaired) electrons. The van der Waals surface area contributed by atoms with Crippen molar-refractivity contribution in [2.24, 2.45) is 5.73 Å². The van der Waals surface area contributed by atoms with Crippen molar-refractivity contribution >= 4 is 10.9 Å². The summed E-state index contributed by atoms with van der Waals surface area (Å²) in [4.78, 5) is 8.94. The molecule has 106 valence electrons. The van der Waals surface area contributed by atoms with E-state index in [0.717, 1.165) is 27.9 Å². The third-order valence-corrected chi connectivity index (χ3v) is 3.53. The highest BCUT2D eigenvalue weighted by Crippen LogP contribution is 2.30. The van der Waals surface area contributed by atoms with E-state index < -0.39 is 0 Å². The molecule has 1 unspecified atom stereocenters. The molecule has 2 heterocycles. The van der Waals surface area contributed by atoms with Crippen LogP contribution in [0.3, 0.4) is 0 Å². The van der Waals surface area contributed by atoms with Gasteiger partial charge in [0, 0.05) is 17.3 Å². The van der Waals surface area contributed by atoms with Crippen molar-refractivity contribution in [2.45, 2.75) is 13.0 Å². The first-order valence-electron chi connectivity index (χ1n) is 6.81. The molecule has 2 N–H and O–H groups in total. The van der Waals surface area contributed by atoms with Crippen LogP contribution in [-0.4, -0.2) is 17.1 Å². The molecule has 21 heavy (non-hydrogen) atoms. The highest BCUT2D eigenvalue weighted by Gasteiger charge is 2.18. The number of aryl methyl sites for hydroxylation is 1. The number of methoxy groups -OCH3 is 1. The second-order valence-electron chi connectivity index (χ2n) is 4.94. The molecule has 1 atom stereocenters. The first-order chi connectivity index (χ1) is 10.2. The smallest absolute Gasteiger partial charge is 0.142 e. The van der Waals surface area contributed by atoms with E-state index in [1.807, 2.05) is 49.4 Å². The summed E-state index contributed by atoms with van der Waals surface area (Å²) in [5.74, 6) is 0.698. The molecule has 3 aromatic rings. The Balaban J connectivity index is 2.20. The van der Waals surface area contributed by atoms with Gasteiger partial charge < -0.3 is 10.5 Å². The molecule has 0 aliphatic rings. The molecule has 4 nitrogen and oxygen atoms in total. The Morgan fingerprint density at radius 3 is 2.76 bits per heavy atom. The minimum atomic E-state index is -0.354. The van der Waals surface area contributed by atoms with E-state index >= 15 is 0 Å². The van der Waals surface area contributed by atoms with Crippen LogP contribution < -0.4 is 10.5 Å². The molecule has 0 bridgehead atoms. The first kappa shape index (κ1) is 13.5. The summed E-state index contributed by atoms with van der Waals surface area (Å²) in [5, 5.41) is 1.04. The fourth-order valence-electron chi connectivity index (χ4n) is 2.55. The third kappa shape index (κ3) is 2.45. The van der Waals surface area contributed by atoms with Gasteiger partial charge in [-0.3, -0.25) is 9.97 Å². The molecular weight excluding hydrogens is 262 g/mol. The minimum Gasteiger partial charge on any atom is -0.495 e. The Bertz CT molecular complexity index is 786. The number of fused-ring (bicyclic) bond motifs is 1. The number of nitrogens with two attached hydrogens (primary N) is 1. The highest BCUT2D eigenvalue weighted by molar-refractivity contribution is 5.83. The molecule has 0 amide bonds. The lowest BCUT2D eigenvalue weighted by Crippen LogP contribution is -2.15. The van der Waals surface area contributed by atoms with Crippen LogP contribution in [0, 0.1) is 6.92 Å². The van der Waals surface area contributed by atoms with E-state index in [1.54, 1.807) is 13.3 Å². The van der Waals surface area contributed by atoms with Gasteiger partial charge in [0.2, 0.25) is 0 Å². The molecule has 0 saturated carbocycles. The molecule has 0 spiro atoms. The maximum Gasteiger partial charge on any atom is 0.142 e. The monoisotopic (exact) mass is 279 g/mol. The topological polar surface area (TPSA) is 61.0 Å². The zero-order valence-corrected chi connectivity index (χ0v) is 12.1. The molecular formula is C17H17N3O. The first-order valence-corrected chi connectivity index (χ1v) is 6.81. The van der Waals surface area contributed by atoms with Crippen LogP contribution >= 0.6 is 0 Å². The number of pyridine rings is 2. The Labute approximate surface area is 123 Å². The summed E-state index contributed by atoms with van der Waals surface area (Å²) >= 11 is 0. The lowest BCUT2D eigenvalue weighted by atomic mass is 9.98. The average molecular weight is 279 g/mol. The van der Waals surface area contributed by atoms with Gasteiger partial charge in [-0.05, 0) is 36.8 Å². The van der Waals surface area contributed by atoms with Crippen LogP contribution in [0.2, 0.25) is 0 Å². The largest absolute Gasteiger partial charge is 0.495 e. The van der Waals surface area contributed by atoms with Gasteiger partial charge in [0.25, 0.3) is 0 Å². The normalized spacial score (nSPS) is 12.3. The lowest BCUT2D eigenvalue weighted by Gasteiger charge is -2.17. The van der Waals surface area contributed by atoms with Crippen LogP contribution in [0.4, 0.5) is 0 Å². The van der Waals surface area contributed by atoms with E-state index in [1.165, 1.54) is 0 Å². The van der Waals surface area contributed by atoms with Gasteiger partial charge in [0.15, 0.2) is 0 Å². The number of benzene rings is 1. The van der Waals surface area contributed by atoms with Gasteiger partial charge in [-0.25, -0.2) is 0 Å². The molecule has 4 heteroatoms. The Morgan fingerprint density at radius 1 is 1.14 bits per heavy atom. The van der Waals surface area contributed by atoms with Gasteiger partial charge in [-0.1, -0.05) is 18.2 Å². The Hall–Kier alpha value is -2.46. The van der Waals surface area contributed by atoms with E-state index in [0.29, 0.717) is 5.75 Å². The SMILES string of the molecule is COc1cccnc1C(N)c1cc(C)nc2ccccc12. The Morgan fingerprint density at radius 2 is 1.95 bits per heavy atom. The van der Waals surface area contributed by atoms with Gasteiger partial charge >= 0.3 is 0 Å². The summed E-state index contributed by atoms with van der Waals surface area (Å²) in [7, 11) is 1.63. The second-order valence-corrected chi connectivity index (χ2v) is 4.94. The minimum absolute atomic E-state index is 0.354. The number of nitrogens with zero attached hydrogens (tertiary/aromatic N) is 2. The van der Waals surface area contributed by atoms with Crippen LogP contribution in [0.5, 0.6) is 5.75 Å². The molecule has 0 aliphatic heterocycles. The predicted molar refractivity (Wildman–Crippen MR) is 83.3 cm³/mol. The van der Waals surface area contributed by atoms with Crippen molar-refractivity contribution in [3.05, 3.63) is 65.6 Å². The van der Waals surface area contributed by atoms with Crippen LogP contribution in [0.1, 0.15) is 23.0 Å². The standard InChI is InChI=1S/C17H17N3O/c1-11-10-13(12-6-3-4-7-14(12)20-11)16(18)17-15(21-2)8-5-9-19-17/h3-10,16H,18H2,1-2H3. The van der Waals surface area contributed by atoms with E-state index in [9.17, 15) is 0 Å². The number of aromatic nitrogens is 2. The summed E-state index contributed by atoms with van der Waals surface area (Å²) in [6.07, 6.45) is 1.73. The molecule has 1 aromatic carbocycles. The fourth-order valence-corrected chi connectivity index (χ4v) is 2.55. The Kier molecular flexibility index (Phi) is 3.54. The highest BCUT2D eigenvalue weighted by atomic mass is 16.5. The average Bonchev–Trinajstić information content (AvgIpc) is 2.53. The zero-order chi connectivity index (χ0) is 14.8. The number of hydrogen-bond acceptors (Lipinski definition) is 4. The summed E-state index contributed by atoms with van der Waals surface area (Å²) in [6.45, 7) is 1.97. The molecule has 3 rings (SSSR count). The van der Waals surface area contributed by atoms with Gasteiger partial charge in [-0.2, -0.15) is 0 Å². The summed E-state index contributed by atoms with van der Waals surface area (Å²) < 4.78 is 5.37. The van der Waals surface area contributed by atoms with Gasteiger partial charge in [0.05, 0.1) is 18.7 Å². The third-order valence-electron chi connectivity index (χ3n) is 3.53. The molecule has 0 fully saturated rings. The van der Waals surface area contributed by atoms with Crippen LogP contribution in [0.15, 0.2) is 48.7 Å². The van der Waals surface area contributed by atoms with Gasteiger partial charge in [0.1, 0.15) is 11.4 Å². The van der Waals surface area contributed by atoms with Gasteiger partial charge in [-0.15, -0.1) is 0 Å². The summed E-state index contributed by atoms with van der Waals surface area (Å²) in [5.41, 5.74) is 10.1. The zero-order valence-electron chi connectivity index (χ0n) is 12.1. The van der Waals surface area contributed by atoms with Crippen LogP contribution in [0.25, 0.3) is 10.9 Å². The van der Waals surface area contributed by atoms with E-state index in [4.69, 9.17) is 10.5 Å².